The quantitative estimate of drug-likeness (QED) is 0.453. The van der Waals surface area contributed by atoms with Gasteiger partial charge in [0.2, 0.25) is 0 Å². The van der Waals surface area contributed by atoms with E-state index in [1.807, 2.05) is 0 Å². The zero-order chi connectivity index (χ0) is 24.5. The molecule has 0 aliphatic carbocycles. The highest BCUT2D eigenvalue weighted by Crippen LogP contribution is 2.33. The van der Waals surface area contributed by atoms with Gasteiger partial charge in [-0.2, -0.15) is 22.0 Å². The average molecular weight is 460 g/mol. The number of aromatic nitrogens is 1. The molecule has 0 atom stereocenters. The number of nitrogens with one attached hydrogen (secondary N) is 1. The summed E-state index contributed by atoms with van der Waals surface area (Å²) in [5, 5.41) is 2.38. The molecule has 2 aromatic rings. The second kappa shape index (κ2) is 8.91. The van der Waals surface area contributed by atoms with Gasteiger partial charge in [-0.15, -0.1) is 0 Å². The van der Waals surface area contributed by atoms with Gasteiger partial charge >= 0.3 is 18.1 Å². The largest absolute Gasteiger partial charge is 0.462 e. The summed E-state index contributed by atoms with van der Waals surface area (Å²) < 4.78 is 73.3. The van der Waals surface area contributed by atoms with E-state index in [1.54, 1.807) is 20.8 Å². The first-order chi connectivity index (χ1) is 14.6. The van der Waals surface area contributed by atoms with Crippen molar-refractivity contribution in [3.63, 3.8) is 0 Å². The van der Waals surface area contributed by atoms with Gasteiger partial charge in [0.25, 0.3) is 5.91 Å². The summed E-state index contributed by atoms with van der Waals surface area (Å²) in [6.45, 7) is 6.82. The lowest BCUT2D eigenvalue weighted by molar-refractivity contribution is -0.173. The maximum atomic E-state index is 14.4. The topological polar surface area (TPSA) is 60.3 Å². The molecule has 0 bridgehead atoms. The number of benzene rings is 1. The van der Waals surface area contributed by atoms with Gasteiger partial charge in [-0.1, -0.05) is 26.8 Å². The van der Waals surface area contributed by atoms with Crippen LogP contribution < -0.4 is 5.32 Å². The molecule has 0 fully saturated rings. The van der Waals surface area contributed by atoms with Gasteiger partial charge < -0.3 is 14.6 Å². The van der Waals surface area contributed by atoms with Crippen LogP contribution >= 0.6 is 0 Å². The molecule has 0 unspecified atom stereocenters. The van der Waals surface area contributed by atoms with Crippen LogP contribution in [0.4, 0.5) is 27.6 Å². The number of alkyl halides is 5. The van der Waals surface area contributed by atoms with E-state index in [0.717, 1.165) is 22.8 Å². The number of nitrogens with zero attached hydrogens (tertiary/aromatic N) is 1. The summed E-state index contributed by atoms with van der Waals surface area (Å²) in [6.07, 6.45) is -4.59. The molecule has 1 heterocycles. The molecule has 10 heteroatoms. The van der Waals surface area contributed by atoms with Gasteiger partial charge in [0.1, 0.15) is 0 Å². The van der Waals surface area contributed by atoms with Gasteiger partial charge in [0.15, 0.2) is 0 Å². The van der Waals surface area contributed by atoms with Gasteiger partial charge in [-0.3, -0.25) is 4.79 Å². The number of anilines is 1. The van der Waals surface area contributed by atoms with E-state index < -0.39 is 41.5 Å². The molecule has 1 aromatic carbocycles. The van der Waals surface area contributed by atoms with Crippen molar-refractivity contribution < 1.29 is 36.3 Å². The maximum Gasteiger partial charge on any atom is 0.416 e. The molecule has 1 aromatic heterocycles. The van der Waals surface area contributed by atoms with Crippen LogP contribution in [0.5, 0.6) is 0 Å². The highest BCUT2D eigenvalue weighted by atomic mass is 19.4. The van der Waals surface area contributed by atoms with Crippen molar-refractivity contribution in [3.8, 4) is 0 Å². The SMILES string of the molecule is CCOC(=O)C(F)(F)Cn1c(C(C)(C)C)cc(C(=O)Nc2cccc(C(F)(F)F)c2)c1C. The van der Waals surface area contributed by atoms with Crippen LogP contribution in [0.2, 0.25) is 0 Å². The predicted octanol–water partition coefficient (Wildman–Crippen LogP) is 5.56. The van der Waals surface area contributed by atoms with Gasteiger partial charge in [-0.05, 0) is 38.1 Å². The van der Waals surface area contributed by atoms with Crippen LogP contribution in [0.15, 0.2) is 30.3 Å². The second-order valence-corrected chi connectivity index (χ2v) is 8.32. The number of halogens is 5. The maximum absolute atomic E-state index is 14.4. The van der Waals surface area contributed by atoms with E-state index in [0.29, 0.717) is 5.69 Å². The number of carbonyl (C=O) groups is 2. The van der Waals surface area contributed by atoms with Crippen molar-refractivity contribution in [2.45, 2.75) is 58.7 Å². The van der Waals surface area contributed by atoms with E-state index >= 15 is 0 Å². The molecular formula is C22H25F5N2O3. The number of hydrogen-bond donors (Lipinski definition) is 1. The summed E-state index contributed by atoms with van der Waals surface area (Å²) in [5.74, 6) is -6.28. The number of esters is 1. The zero-order valence-corrected chi connectivity index (χ0v) is 18.4. The predicted molar refractivity (Wildman–Crippen MR) is 109 cm³/mol. The highest BCUT2D eigenvalue weighted by Gasteiger charge is 2.43. The second-order valence-electron chi connectivity index (χ2n) is 8.32. The molecule has 0 saturated heterocycles. The lowest BCUT2D eigenvalue weighted by Crippen LogP contribution is -2.37. The minimum atomic E-state index is -4.59. The van der Waals surface area contributed by atoms with Crippen LogP contribution in [0, 0.1) is 6.92 Å². The number of rotatable bonds is 6. The third kappa shape index (κ3) is 5.66. The van der Waals surface area contributed by atoms with Crippen LogP contribution in [0.25, 0.3) is 0 Å². The Kier molecular flexibility index (Phi) is 7.06. The summed E-state index contributed by atoms with van der Waals surface area (Å²) in [7, 11) is 0. The molecule has 32 heavy (non-hydrogen) atoms. The Morgan fingerprint density at radius 1 is 1.06 bits per heavy atom. The van der Waals surface area contributed by atoms with E-state index in [9.17, 15) is 31.5 Å². The number of ether oxygens (including phenoxy) is 1. The molecule has 176 valence electrons. The molecule has 0 aliphatic rings. The monoisotopic (exact) mass is 460 g/mol. The van der Waals surface area contributed by atoms with E-state index in [1.165, 1.54) is 26.0 Å². The number of amides is 1. The van der Waals surface area contributed by atoms with E-state index in [4.69, 9.17) is 0 Å². The van der Waals surface area contributed by atoms with Crippen LogP contribution in [-0.2, 0) is 27.7 Å². The Morgan fingerprint density at radius 3 is 2.22 bits per heavy atom. The molecule has 2 rings (SSSR count). The van der Waals surface area contributed by atoms with Crippen LogP contribution in [0.3, 0.4) is 0 Å². The summed E-state index contributed by atoms with van der Waals surface area (Å²) >= 11 is 0. The number of hydrogen-bond acceptors (Lipinski definition) is 3. The lowest BCUT2D eigenvalue weighted by Gasteiger charge is -2.25. The van der Waals surface area contributed by atoms with Crippen LogP contribution in [0.1, 0.15) is 55.0 Å². The van der Waals surface area contributed by atoms with Gasteiger partial charge in [0.05, 0.1) is 24.3 Å². The first kappa shape index (κ1) is 25.4. The molecule has 0 spiro atoms. The zero-order valence-electron chi connectivity index (χ0n) is 18.4. The first-order valence-electron chi connectivity index (χ1n) is 9.82. The Hall–Kier alpha value is -2.91. The molecule has 1 N–H and O–H groups in total. The van der Waals surface area contributed by atoms with E-state index in [-0.39, 0.29) is 23.6 Å². The average Bonchev–Trinajstić information content (AvgIpc) is 2.98. The Labute approximate surface area is 182 Å². The van der Waals surface area contributed by atoms with Gasteiger partial charge in [0, 0.05) is 22.5 Å². The molecule has 0 aliphatic heterocycles. The van der Waals surface area contributed by atoms with Crippen molar-refractivity contribution >= 4 is 17.6 Å². The fourth-order valence-corrected chi connectivity index (χ4v) is 3.17. The fraction of sp³-hybridized carbons (Fsp3) is 0.455. The third-order valence-corrected chi connectivity index (χ3v) is 4.76. The molecule has 1 amide bonds. The van der Waals surface area contributed by atoms with Crippen molar-refractivity contribution in [1.82, 2.24) is 4.57 Å². The van der Waals surface area contributed by atoms with Gasteiger partial charge in [-0.25, -0.2) is 4.79 Å². The number of carbonyl (C=O) groups excluding carboxylic acids is 2. The molecule has 5 nitrogen and oxygen atoms in total. The van der Waals surface area contributed by atoms with Crippen molar-refractivity contribution in [1.29, 1.82) is 0 Å². The Morgan fingerprint density at radius 2 is 1.69 bits per heavy atom. The summed E-state index contributed by atoms with van der Waals surface area (Å²) in [5.41, 5.74) is -1.20. The van der Waals surface area contributed by atoms with E-state index in [2.05, 4.69) is 10.1 Å². The van der Waals surface area contributed by atoms with Crippen molar-refractivity contribution in [3.05, 3.63) is 52.8 Å². The highest BCUT2D eigenvalue weighted by molar-refractivity contribution is 6.05. The van der Waals surface area contributed by atoms with Crippen molar-refractivity contribution in [2.24, 2.45) is 0 Å². The molecule has 0 saturated carbocycles. The minimum absolute atomic E-state index is 0.00648. The lowest BCUT2D eigenvalue weighted by atomic mass is 9.91. The summed E-state index contributed by atoms with van der Waals surface area (Å²) in [6, 6.07) is 5.49. The van der Waals surface area contributed by atoms with Crippen LogP contribution in [-0.4, -0.2) is 29.0 Å². The Balaban J connectivity index is 2.43. The van der Waals surface area contributed by atoms with Crippen molar-refractivity contribution in [2.75, 3.05) is 11.9 Å². The Bertz CT molecular complexity index is 1000. The standard InChI is InChI=1S/C22H25F5N2O3/c1-6-32-19(31)21(23,24)12-29-13(2)16(11-17(29)20(3,4)5)18(30)28-15-9-7-8-14(10-15)22(25,26)27/h7-11H,6,12H2,1-5H3,(H,28,30). The minimum Gasteiger partial charge on any atom is -0.462 e. The molecule has 0 radical (unpaired) electrons. The smallest absolute Gasteiger partial charge is 0.416 e. The third-order valence-electron chi connectivity index (χ3n) is 4.76. The first-order valence-corrected chi connectivity index (χ1v) is 9.82. The normalized spacial score (nSPS) is 12.6. The summed E-state index contributed by atoms with van der Waals surface area (Å²) in [4.78, 5) is 24.5. The molecular weight excluding hydrogens is 435 g/mol. The fourth-order valence-electron chi connectivity index (χ4n) is 3.17.